The third-order valence-electron chi connectivity index (χ3n) is 3.38. The second-order valence-corrected chi connectivity index (χ2v) is 5.44. The van der Waals surface area contributed by atoms with E-state index in [1.54, 1.807) is 36.3 Å². The number of rotatable bonds is 6. The highest BCUT2D eigenvalue weighted by molar-refractivity contribution is 5.96. The molecular weight excluding hydrogens is 341 g/mol. The van der Waals surface area contributed by atoms with Crippen molar-refractivity contribution in [2.24, 2.45) is 5.73 Å². The van der Waals surface area contributed by atoms with Crippen LogP contribution in [-0.2, 0) is 11.3 Å². The Morgan fingerprint density at radius 3 is 2.24 bits per heavy atom. The first-order chi connectivity index (χ1) is 11.5. The summed E-state index contributed by atoms with van der Waals surface area (Å²) in [6, 6.07) is 4.34. The molecule has 1 rings (SSSR count). The first kappa shape index (κ1) is 20.4. The Labute approximate surface area is 142 Å². The van der Waals surface area contributed by atoms with Gasteiger partial charge in [-0.15, -0.1) is 0 Å². The van der Waals surface area contributed by atoms with Gasteiger partial charge in [-0.2, -0.15) is 13.2 Å². The highest BCUT2D eigenvalue weighted by Crippen LogP contribution is 2.13. The zero-order valence-corrected chi connectivity index (χ0v) is 13.7. The Morgan fingerprint density at radius 2 is 1.76 bits per heavy atom. The number of carbonyl (C=O) groups excluding carboxylic acids is 3. The first-order valence-electron chi connectivity index (χ1n) is 7.24. The highest BCUT2D eigenvalue weighted by atomic mass is 19.4. The Bertz CT molecular complexity index is 632. The number of hydrogen-bond acceptors (Lipinski definition) is 4. The summed E-state index contributed by atoms with van der Waals surface area (Å²) in [4.78, 5) is 35.6. The number of nitrogens with one attached hydrogen (secondary N) is 2. The van der Waals surface area contributed by atoms with Gasteiger partial charge in [0.2, 0.25) is 5.91 Å². The van der Waals surface area contributed by atoms with E-state index in [9.17, 15) is 27.6 Å². The van der Waals surface area contributed by atoms with Gasteiger partial charge in [0.05, 0.1) is 6.04 Å². The maximum Gasteiger partial charge on any atom is 0.405 e. The van der Waals surface area contributed by atoms with Crippen LogP contribution in [0.4, 0.5) is 18.0 Å². The number of urea groups is 1. The van der Waals surface area contributed by atoms with Crippen LogP contribution in [0, 0.1) is 0 Å². The molecule has 0 bridgehead atoms. The van der Waals surface area contributed by atoms with E-state index in [1.165, 1.54) is 12.1 Å². The van der Waals surface area contributed by atoms with Gasteiger partial charge >= 0.3 is 12.2 Å². The van der Waals surface area contributed by atoms with Crippen molar-refractivity contribution < 1.29 is 27.6 Å². The molecule has 0 heterocycles. The quantitative estimate of drug-likeness (QED) is 0.704. The summed E-state index contributed by atoms with van der Waals surface area (Å²) in [5.41, 5.74) is 5.71. The summed E-state index contributed by atoms with van der Waals surface area (Å²) < 4.78 is 36.2. The van der Waals surface area contributed by atoms with Crippen LogP contribution in [0.15, 0.2) is 24.3 Å². The van der Waals surface area contributed by atoms with Crippen LogP contribution in [0.3, 0.4) is 0 Å². The SMILES string of the molecule is C[C@@H](C(=O)NC(N)=O)N(C)Cc1ccc(C(=O)NCC(F)(F)F)cc1. The number of nitrogens with two attached hydrogens (primary N) is 1. The summed E-state index contributed by atoms with van der Waals surface area (Å²) in [6.45, 7) is 0.498. The predicted molar refractivity (Wildman–Crippen MR) is 83.5 cm³/mol. The van der Waals surface area contributed by atoms with E-state index in [0.717, 1.165) is 5.56 Å². The molecule has 4 amide bonds. The molecule has 0 aliphatic carbocycles. The van der Waals surface area contributed by atoms with E-state index in [2.05, 4.69) is 0 Å². The van der Waals surface area contributed by atoms with Crippen LogP contribution < -0.4 is 16.4 Å². The number of carbonyl (C=O) groups is 3. The minimum Gasteiger partial charge on any atom is -0.351 e. The molecule has 1 aromatic carbocycles. The van der Waals surface area contributed by atoms with Crippen molar-refractivity contribution in [1.29, 1.82) is 0 Å². The smallest absolute Gasteiger partial charge is 0.351 e. The maximum absolute atomic E-state index is 12.1. The van der Waals surface area contributed by atoms with Crippen LogP contribution in [-0.4, -0.2) is 48.6 Å². The molecule has 0 unspecified atom stereocenters. The summed E-state index contributed by atoms with van der Waals surface area (Å²) in [5.74, 6) is -1.38. The van der Waals surface area contributed by atoms with Crippen LogP contribution in [0.1, 0.15) is 22.8 Å². The van der Waals surface area contributed by atoms with Crippen molar-refractivity contribution in [3.63, 3.8) is 0 Å². The Kier molecular flexibility index (Phi) is 6.92. The zero-order chi connectivity index (χ0) is 19.2. The lowest BCUT2D eigenvalue weighted by atomic mass is 10.1. The Hall–Kier alpha value is -2.62. The fourth-order valence-corrected chi connectivity index (χ4v) is 1.90. The molecule has 0 aliphatic rings. The molecular formula is C15H19F3N4O3. The molecule has 1 atom stereocenters. The van der Waals surface area contributed by atoms with Gasteiger partial charge in [-0.05, 0) is 31.7 Å². The van der Waals surface area contributed by atoms with E-state index in [4.69, 9.17) is 5.73 Å². The van der Waals surface area contributed by atoms with Crippen LogP contribution in [0.25, 0.3) is 0 Å². The van der Waals surface area contributed by atoms with Crippen molar-refractivity contribution in [3.8, 4) is 0 Å². The molecule has 25 heavy (non-hydrogen) atoms. The normalized spacial score (nSPS) is 12.6. The standard InChI is InChI=1S/C15H19F3N4O3/c1-9(12(23)21-14(19)25)22(2)7-10-3-5-11(6-4-10)13(24)20-8-15(16,17)18/h3-6,9H,7-8H2,1-2H3,(H,20,24)(H3,19,21,23,25)/t9-/m0/s1. The number of amides is 4. The summed E-state index contributed by atoms with van der Waals surface area (Å²) in [7, 11) is 1.65. The molecule has 0 saturated carbocycles. The van der Waals surface area contributed by atoms with Gasteiger partial charge in [0.15, 0.2) is 0 Å². The molecule has 0 aromatic heterocycles. The third-order valence-corrected chi connectivity index (χ3v) is 3.38. The fourth-order valence-electron chi connectivity index (χ4n) is 1.90. The van der Waals surface area contributed by atoms with Gasteiger partial charge < -0.3 is 11.1 Å². The number of primary amides is 1. The van der Waals surface area contributed by atoms with E-state index in [0.29, 0.717) is 6.54 Å². The lowest BCUT2D eigenvalue weighted by Crippen LogP contribution is -2.46. The van der Waals surface area contributed by atoms with E-state index in [1.807, 2.05) is 5.32 Å². The van der Waals surface area contributed by atoms with E-state index >= 15 is 0 Å². The minimum atomic E-state index is -4.47. The molecule has 10 heteroatoms. The van der Waals surface area contributed by atoms with Crippen molar-refractivity contribution >= 4 is 17.8 Å². The number of nitrogens with zero attached hydrogens (tertiary/aromatic N) is 1. The lowest BCUT2D eigenvalue weighted by Gasteiger charge is -2.23. The molecule has 7 nitrogen and oxygen atoms in total. The Balaban J connectivity index is 2.63. The molecule has 0 spiro atoms. The van der Waals surface area contributed by atoms with E-state index in [-0.39, 0.29) is 5.56 Å². The molecule has 0 aliphatic heterocycles. The number of hydrogen-bond donors (Lipinski definition) is 3. The monoisotopic (exact) mass is 360 g/mol. The first-order valence-corrected chi connectivity index (χ1v) is 7.24. The van der Waals surface area contributed by atoms with Gasteiger partial charge in [0.25, 0.3) is 5.91 Å². The van der Waals surface area contributed by atoms with Crippen LogP contribution in [0.5, 0.6) is 0 Å². The van der Waals surface area contributed by atoms with Crippen molar-refractivity contribution in [2.45, 2.75) is 25.7 Å². The Morgan fingerprint density at radius 1 is 1.20 bits per heavy atom. The van der Waals surface area contributed by atoms with Crippen molar-refractivity contribution in [1.82, 2.24) is 15.5 Å². The number of likely N-dealkylation sites (N-methyl/N-ethyl adjacent to an activating group) is 1. The lowest BCUT2D eigenvalue weighted by molar-refractivity contribution is -0.124. The topological polar surface area (TPSA) is 105 Å². The number of imide groups is 1. The molecule has 0 saturated heterocycles. The second-order valence-electron chi connectivity index (χ2n) is 5.44. The molecule has 0 fully saturated rings. The van der Waals surface area contributed by atoms with Crippen molar-refractivity contribution in [3.05, 3.63) is 35.4 Å². The molecule has 1 aromatic rings. The van der Waals surface area contributed by atoms with Gasteiger partial charge in [-0.1, -0.05) is 12.1 Å². The zero-order valence-electron chi connectivity index (χ0n) is 13.7. The summed E-state index contributed by atoms with van der Waals surface area (Å²) in [5, 5.41) is 3.75. The predicted octanol–water partition coefficient (Wildman–Crippen LogP) is 0.994. The van der Waals surface area contributed by atoms with Gasteiger partial charge in [0.1, 0.15) is 6.54 Å². The molecule has 138 valence electrons. The van der Waals surface area contributed by atoms with Gasteiger partial charge in [-0.25, -0.2) is 4.79 Å². The average molecular weight is 360 g/mol. The number of benzene rings is 1. The van der Waals surface area contributed by atoms with Gasteiger partial charge in [-0.3, -0.25) is 19.8 Å². The summed E-state index contributed by atoms with van der Waals surface area (Å²) in [6.07, 6.45) is -4.47. The molecule has 4 N–H and O–H groups in total. The van der Waals surface area contributed by atoms with Crippen molar-refractivity contribution in [2.75, 3.05) is 13.6 Å². The second kappa shape index (κ2) is 8.47. The van der Waals surface area contributed by atoms with Crippen LogP contribution in [0.2, 0.25) is 0 Å². The average Bonchev–Trinajstić information content (AvgIpc) is 2.51. The summed E-state index contributed by atoms with van der Waals surface area (Å²) >= 11 is 0. The number of halogens is 3. The minimum absolute atomic E-state index is 0.0928. The largest absolute Gasteiger partial charge is 0.405 e. The maximum atomic E-state index is 12.1. The fraction of sp³-hybridized carbons (Fsp3) is 0.400. The van der Waals surface area contributed by atoms with Gasteiger partial charge in [0, 0.05) is 12.1 Å². The number of alkyl halides is 3. The third kappa shape index (κ3) is 7.21. The molecule has 0 radical (unpaired) electrons. The van der Waals surface area contributed by atoms with E-state index < -0.39 is 36.6 Å². The highest BCUT2D eigenvalue weighted by Gasteiger charge is 2.27. The van der Waals surface area contributed by atoms with Crippen LogP contribution >= 0.6 is 0 Å².